The molecule has 1 aromatic carbocycles. The standard InChI is InChI=1S/C18H19N3O3/c22-17(14-4-2-1-3-5-14)20-8-10-21(11-9-20)18(23)15-12-16(24-19-15)13-6-7-13/h1-5,12-13H,6-11H2. The van der Waals surface area contributed by atoms with Crippen LogP contribution in [0.3, 0.4) is 0 Å². The summed E-state index contributed by atoms with van der Waals surface area (Å²) in [4.78, 5) is 28.5. The van der Waals surface area contributed by atoms with Crippen LogP contribution in [-0.2, 0) is 0 Å². The zero-order valence-electron chi connectivity index (χ0n) is 13.4. The molecule has 6 heteroatoms. The van der Waals surface area contributed by atoms with Gasteiger partial charge in [0, 0.05) is 43.7 Å². The van der Waals surface area contributed by atoms with Crippen LogP contribution in [0.5, 0.6) is 0 Å². The minimum Gasteiger partial charge on any atom is -0.360 e. The molecule has 2 heterocycles. The topological polar surface area (TPSA) is 66.7 Å². The molecule has 0 bridgehead atoms. The van der Waals surface area contributed by atoms with E-state index >= 15 is 0 Å². The first kappa shape index (κ1) is 14.9. The zero-order valence-corrected chi connectivity index (χ0v) is 13.4. The molecule has 24 heavy (non-hydrogen) atoms. The number of benzene rings is 1. The lowest BCUT2D eigenvalue weighted by molar-refractivity contribution is 0.0530. The molecule has 0 atom stereocenters. The number of hydrogen-bond donors (Lipinski definition) is 0. The lowest BCUT2D eigenvalue weighted by atomic mass is 10.2. The molecule has 1 saturated heterocycles. The molecule has 1 saturated carbocycles. The molecule has 2 fully saturated rings. The quantitative estimate of drug-likeness (QED) is 0.867. The number of piperazine rings is 1. The van der Waals surface area contributed by atoms with E-state index in [4.69, 9.17) is 4.52 Å². The largest absolute Gasteiger partial charge is 0.360 e. The van der Waals surface area contributed by atoms with Gasteiger partial charge in [-0.1, -0.05) is 23.4 Å². The molecular formula is C18H19N3O3. The number of hydrogen-bond acceptors (Lipinski definition) is 4. The second-order valence-electron chi connectivity index (χ2n) is 6.34. The Bertz CT molecular complexity index is 744. The molecule has 2 aliphatic rings. The summed E-state index contributed by atoms with van der Waals surface area (Å²) in [6.07, 6.45) is 2.23. The van der Waals surface area contributed by atoms with E-state index in [2.05, 4.69) is 5.16 Å². The van der Waals surface area contributed by atoms with Gasteiger partial charge >= 0.3 is 0 Å². The van der Waals surface area contributed by atoms with Crippen LogP contribution in [0.4, 0.5) is 0 Å². The van der Waals surface area contributed by atoms with Crippen molar-refractivity contribution in [1.29, 1.82) is 0 Å². The summed E-state index contributed by atoms with van der Waals surface area (Å²) in [5.41, 5.74) is 1.06. The van der Waals surface area contributed by atoms with Crippen molar-refractivity contribution in [1.82, 2.24) is 15.0 Å². The van der Waals surface area contributed by atoms with E-state index in [-0.39, 0.29) is 11.8 Å². The van der Waals surface area contributed by atoms with Gasteiger partial charge in [0.1, 0.15) is 5.76 Å². The number of carbonyl (C=O) groups is 2. The van der Waals surface area contributed by atoms with E-state index in [1.165, 1.54) is 0 Å². The van der Waals surface area contributed by atoms with Crippen molar-refractivity contribution >= 4 is 11.8 Å². The first-order valence-corrected chi connectivity index (χ1v) is 8.32. The summed E-state index contributed by atoms with van der Waals surface area (Å²) in [7, 11) is 0. The summed E-state index contributed by atoms with van der Waals surface area (Å²) in [6, 6.07) is 11.0. The Kier molecular flexibility index (Phi) is 3.80. The zero-order chi connectivity index (χ0) is 16.5. The Morgan fingerprint density at radius 3 is 2.21 bits per heavy atom. The van der Waals surface area contributed by atoms with Crippen LogP contribution in [-0.4, -0.2) is 52.9 Å². The van der Waals surface area contributed by atoms with Crippen molar-refractivity contribution < 1.29 is 14.1 Å². The molecule has 1 aromatic heterocycles. The molecule has 124 valence electrons. The van der Waals surface area contributed by atoms with Crippen molar-refractivity contribution in [3.05, 3.63) is 53.4 Å². The Morgan fingerprint density at radius 2 is 1.58 bits per heavy atom. The van der Waals surface area contributed by atoms with Crippen molar-refractivity contribution in [2.75, 3.05) is 26.2 Å². The van der Waals surface area contributed by atoms with Crippen LogP contribution in [0.2, 0.25) is 0 Å². The lowest BCUT2D eigenvalue weighted by Crippen LogP contribution is -2.50. The molecule has 2 amide bonds. The van der Waals surface area contributed by atoms with Crippen molar-refractivity contribution in [2.45, 2.75) is 18.8 Å². The fourth-order valence-corrected chi connectivity index (χ4v) is 2.99. The molecular weight excluding hydrogens is 306 g/mol. The second-order valence-corrected chi connectivity index (χ2v) is 6.34. The van der Waals surface area contributed by atoms with Gasteiger partial charge in [0.2, 0.25) is 0 Å². The molecule has 0 spiro atoms. The molecule has 0 N–H and O–H groups in total. The Balaban J connectivity index is 1.36. The maximum absolute atomic E-state index is 12.5. The van der Waals surface area contributed by atoms with Gasteiger partial charge in [-0.25, -0.2) is 0 Å². The van der Waals surface area contributed by atoms with E-state index in [1.807, 2.05) is 30.3 Å². The van der Waals surface area contributed by atoms with E-state index in [0.29, 0.717) is 43.4 Å². The first-order chi connectivity index (χ1) is 11.7. The van der Waals surface area contributed by atoms with Gasteiger partial charge < -0.3 is 14.3 Å². The summed E-state index contributed by atoms with van der Waals surface area (Å²) < 4.78 is 5.26. The van der Waals surface area contributed by atoms with Crippen LogP contribution >= 0.6 is 0 Å². The first-order valence-electron chi connectivity index (χ1n) is 8.32. The monoisotopic (exact) mass is 325 g/mol. The maximum atomic E-state index is 12.5. The minimum atomic E-state index is -0.113. The van der Waals surface area contributed by atoms with Crippen molar-refractivity contribution in [3.8, 4) is 0 Å². The molecule has 0 radical (unpaired) electrons. The second kappa shape index (κ2) is 6.11. The number of rotatable bonds is 3. The minimum absolute atomic E-state index is 0.0140. The highest BCUT2D eigenvalue weighted by atomic mass is 16.5. The van der Waals surface area contributed by atoms with Crippen LogP contribution in [0, 0.1) is 0 Å². The highest BCUT2D eigenvalue weighted by Gasteiger charge is 2.31. The number of nitrogens with zero attached hydrogens (tertiary/aromatic N) is 3. The average molecular weight is 325 g/mol. The lowest BCUT2D eigenvalue weighted by Gasteiger charge is -2.34. The smallest absolute Gasteiger partial charge is 0.276 e. The molecule has 4 rings (SSSR count). The third kappa shape index (κ3) is 2.91. The average Bonchev–Trinajstić information content (AvgIpc) is 3.38. The van der Waals surface area contributed by atoms with E-state index in [1.54, 1.807) is 15.9 Å². The summed E-state index contributed by atoms with van der Waals surface area (Å²) >= 11 is 0. The van der Waals surface area contributed by atoms with Gasteiger partial charge in [-0.15, -0.1) is 0 Å². The van der Waals surface area contributed by atoms with Gasteiger partial charge in [-0.2, -0.15) is 0 Å². The predicted molar refractivity (Wildman–Crippen MR) is 86.7 cm³/mol. The summed E-state index contributed by atoms with van der Waals surface area (Å²) in [5.74, 6) is 1.16. The molecule has 1 aliphatic carbocycles. The molecule has 6 nitrogen and oxygen atoms in total. The van der Waals surface area contributed by atoms with Gasteiger partial charge in [-0.05, 0) is 25.0 Å². The van der Waals surface area contributed by atoms with Crippen LogP contribution in [0.15, 0.2) is 40.9 Å². The van der Waals surface area contributed by atoms with E-state index < -0.39 is 0 Å². The predicted octanol–water partition coefficient (Wildman–Crippen LogP) is 2.15. The fraction of sp³-hybridized carbons (Fsp3) is 0.389. The van der Waals surface area contributed by atoms with Gasteiger partial charge in [0.15, 0.2) is 5.69 Å². The highest BCUT2D eigenvalue weighted by molar-refractivity contribution is 5.95. The van der Waals surface area contributed by atoms with Gasteiger partial charge in [0.25, 0.3) is 11.8 Å². The van der Waals surface area contributed by atoms with E-state index in [0.717, 1.165) is 18.6 Å². The molecule has 1 aliphatic heterocycles. The summed E-state index contributed by atoms with van der Waals surface area (Å²) in [5, 5.41) is 3.91. The van der Waals surface area contributed by atoms with Crippen molar-refractivity contribution in [2.24, 2.45) is 0 Å². The van der Waals surface area contributed by atoms with Crippen LogP contribution in [0.25, 0.3) is 0 Å². The third-order valence-electron chi connectivity index (χ3n) is 4.60. The third-order valence-corrected chi connectivity index (χ3v) is 4.60. The van der Waals surface area contributed by atoms with Crippen LogP contribution < -0.4 is 0 Å². The normalized spacial score (nSPS) is 17.8. The molecule has 0 unspecified atom stereocenters. The Labute approximate surface area is 140 Å². The number of aromatic nitrogens is 1. The SMILES string of the molecule is O=C(c1ccccc1)N1CCN(C(=O)c2cc(C3CC3)on2)CC1. The van der Waals surface area contributed by atoms with Gasteiger partial charge in [-0.3, -0.25) is 9.59 Å². The Hall–Kier alpha value is -2.63. The highest BCUT2D eigenvalue weighted by Crippen LogP contribution is 2.40. The van der Waals surface area contributed by atoms with Crippen molar-refractivity contribution in [3.63, 3.8) is 0 Å². The van der Waals surface area contributed by atoms with E-state index in [9.17, 15) is 9.59 Å². The van der Waals surface area contributed by atoms with Gasteiger partial charge in [0.05, 0.1) is 0 Å². The Morgan fingerprint density at radius 1 is 0.958 bits per heavy atom. The molecule has 2 aromatic rings. The fourth-order valence-electron chi connectivity index (χ4n) is 2.99. The summed E-state index contributed by atoms with van der Waals surface area (Å²) in [6.45, 7) is 2.10. The number of carbonyl (C=O) groups excluding carboxylic acids is 2. The van der Waals surface area contributed by atoms with Crippen LogP contribution in [0.1, 0.15) is 45.4 Å². The maximum Gasteiger partial charge on any atom is 0.276 e. The number of amides is 2.